The van der Waals surface area contributed by atoms with Crippen molar-refractivity contribution in [1.82, 2.24) is 9.97 Å². The molecule has 0 aliphatic heterocycles. The molecule has 0 saturated heterocycles. The third kappa shape index (κ3) is 8.66. The van der Waals surface area contributed by atoms with Crippen molar-refractivity contribution in [2.24, 2.45) is 0 Å². The van der Waals surface area contributed by atoms with Crippen molar-refractivity contribution in [3.63, 3.8) is 0 Å². The van der Waals surface area contributed by atoms with Crippen molar-refractivity contribution < 1.29 is 26.2 Å². The molecule has 0 radical (unpaired) electrons. The number of nitrogens with zero attached hydrogens (tertiary/aromatic N) is 4. The van der Waals surface area contributed by atoms with Gasteiger partial charge in [0.25, 0.3) is 0 Å². The van der Waals surface area contributed by atoms with E-state index in [-0.39, 0.29) is 50.1 Å². The minimum absolute atomic E-state index is 0. The Kier molecular flexibility index (Phi) is 12.3. The first-order valence-electron chi connectivity index (χ1n) is 18.5. The number of aromatic nitrogens is 2. The molecule has 5 heteroatoms. The van der Waals surface area contributed by atoms with E-state index in [0.717, 1.165) is 33.3 Å². The van der Waals surface area contributed by atoms with Gasteiger partial charge in [0.05, 0.1) is 0 Å². The molecular formula is C50H42N4Zr. The van der Waals surface area contributed by atoms with Crippen molar-refractivity contribution in [2.75, 3.05) is 0 Å². The minimum atomic E-state index is 0. The van der Waals surface area contributed by atoms with Crippen LogP contribution < -0.4 is 0 Å². The third-order valence-corrected chi connectivity index (χ3v) is 10.4. The van der Waals surface area contributed by atoms with Crippen molar-refractivity contribution >= 4 is 21.5 Å². The van der Waals surface area contributed by atoms with E-state index in [1.807, 2.05) is 73.1 Å². The number of hydrogen-bond acceptors (Lipinski definition) is 2. The quantitative estimate of drug-likeness (QED) is 0.158. The molecule has 2 aromatic heterocycles. The molecule has 0 fully saturated rings. The van der Waals surface area contributed by atoms with Gasteiger partial charge in [-0.3, -0.25) is 9.97 Å². The first kappa shape index (κ1) is 38.0. The average molecular weight is 790 g/mol. The maximum atomic E-state index is 5.41. The second kappa shape index (κ2) is 17.9. The normalized spacial score (nSPS) is 17.4. The molecule has 3 aliphatic carbocycles. The van der Waals surface area contributed by atoms with Crippen LogP contribution in [0.1, 0.15) is 56.6 Å². The Morgan fingerprint density at radius 1 is 0.400 bits per heavy atom. The smallest absolute Gasteiger partial charge is 0.655 e. The number of fused-ring (bicyclic) bond motifs is 3. The first-order chi connectivity index (χ1) is 26.6. The zero-order valence-electron chi connectivity index (χ0n) is 30.7. The zero-order valence-corrected chi connectivity index (χ0v) is 33.2. The summed E-state index contributed by atoms with van der Waals surface area (Å²) in [6.45, 7) is 8.59. The van der Waals surface area contributed by atoms with Crippen molar-refractivity contribution in [3.05, 3.63) is 252 Å². The summed E-state index contributed by atoms with van der Waals surface area (Å²) in [5.74, 6) is 0.354. The molecule has 0 N–H and O–H groups in total. The van der Waals surface area contributed by atoms with Crippen LogP contribution in [0.3, 0.4) is 0 Å². The van der Waals surface area contributed by atoms with E-state index in [0.29, 0.717) is 13.1 Å². The largest absolute Gasteiger partial charge is 4.00 e. The topological polar surface area (TPSA) is 54.0 Å². The van der Waals surface area contributed by atoms with E-state index in [1.165, 1.54) is 33.0 Å². The fourth-order valence-electron chi connectivity index (χ4n) is 7.83. The van der Waals surface area contributed by atoms with Crippen molar-refractivity contribution in [3.8, 4) is 0 Å². The van der Waals surface area contributed by atoms with Gasteiger partial charge < -0.3 is 10.6 Å². The Labute approximate surface area is 344 Å². The van der Waals surface area contributed by atoms with Crippen LogP contribution in [0, 0.1) is 13.8 Å². The summed E-state index contributed by atoms with van der Waals surface area (Å²) in [5, 5.41) is 15.5. The van der Waals surface area contributed by atoms with Gasteiger partial charge in [0.15, 0.2) is 0 Å². The van der Waals surface area contributed by atoms with E-state index in [4.69, 9.17) is 20.6 Å². The van der Waals surface area contributed by atoms with Gasteiger partial charge in [-0.2, -0.15) is 49.2 Å². The predicted molar refractivity (Wildman–Crippen MR) is 224 cm³/mol. The molecule has 0 amide bonds. The molecule has 11 rings (SSSR count). The Morgan fingerprint density at radius 2 is 0.709 bits per heavy atom. The Balaban J connectivity index is 0.000000261. The van der Waals surface area contributed by atoms with Crippen molar-refractivity contribution in [1.29, 1.82) is 0 Å². The van der Waals surface area contributed by atoms with Crippen LogP contribution in [0.2, 0.25) is 0 Å². The molecule has 4 nitrogen and oxygen atoms in total. The van der Waals surface area contributed by atoms with Gasteiger partial charge in [0, 0.05) is 34.6 Å². The Morgan fingerprint density at radius 3 is 1.04 bits per heavy atom. The molecule has 2 atom stereocenters. The number of benzene rings is 6. The Hall–Kier alpha value is -5.32. The van der Waals surface area contributed by atoms with Crippen LogP contribution in [0.4, 0.5) is 0 Å². The van der Waals surface area contributed by atoms with Crippen LogP contribution in [-0.2, 0) is 39.3 Å². The predicted octanol–water partition coefficient (Wildman–Crippen LogP) is 12.0. The number of rotatable bonds is 6. The van der Waals surface area contributed by atoms with E-state index >= 15 is 0 Å². The molecule has 3 aliphatic rings. The molecule has 2 bridgehead atoms. The first-order valence-corrected chi connectivity index (χ1v) is 18.5. The summed E-state index contributed by atoms with van der Waals surface area (Å²) in [4.78, 5) is 9.51. The molecule has 2 heterocycles. The summed E-state index contributed by atoms with van der Waals surface area (Å²) in [6.07, 6.45) is 3.93. The molecule has 266 valence electrons. The standard InChI is InChI=1S/C36H28N4.2C7H7.Zr/c1-3-11-25-19-37-27(17-23(25)9-1)21-39-35-33-29-13-5-7-15-31(29)34(32-16-8-6-14-30(32)33)36(35)40-22-28-18-24-10-2-4-12-26(24)20-38-28;2*1-7-5-3-2-4-6-7;/h1-20,33-36H,21-22H2;2*2-6H,1H2;/q-2;2*-1;+4/t33?,34?,35-,36-;;;/m1.../s1. The fraction of sp³-hybridized carbons (Fsp3) is 0.120. The van der Waals surface area contributed by atoms with Gasteiger partial charge >= 0.3 is 26.2 Å². The minimum Gasteiger partial charge on any atom is -0.655 e. The average Bonchev–Trinajstić information content (AvgIpc) is 3.23. The maximum absolute atomic E-state index is 5.41. The Bertz CT molecular complexity index is 2250. The summed E-state index contributed by atoms with van der Waals surface area (Å²) in [7, 11) is 0. The molecule has 8 aromatic rings. The molecule has 55 heavy (non-hydrogen) atoms. The van der Waals surface area contributed by atoms with Crippen LogP contribution in [0.15, 0.2) is 182 Å². The van der Waals surface area contributed by atoms with Gasteiger partial charge in [-0.1, -0.05) is 109 Å². The zero-order chi connectivity index (χ0) is 36.7. The van der Waals surface area contributed by atoms with E-state index in [1.54, 1.807) is 0 Å². The maximum Gasteiger partial charge on any atom is 4.00 e. The van der Waals surface area contributed by atoms with Gasteiger partial charge in [-0.05, 0) is 57.0 Å². The molecule has 6 aromatic carbocycles. The molecule has 0 saturated carbocycles. The fourth-order valence-corrected chi connectivity index (χ4v) is 7.83. The van der Waals surface area contributed by atoms with Gasteiger partial charge in [0.2, 0.25) is 0 Å². The van der Waals surface area contributed by atoms with E-state index in [2.05, 4.69) is 123 Å². The number of hydrogen-bond donors (Lipinski definition) is 0. The third-order valence-electron chi connectivity index (χ3n) is 10.4. The molecular weight excluding hydrogens is 748 g/mol. The second-order valence-electron chi connectivity index (χ2n) is 13.9. The van der Waals surface area contributed by atoms with Gasteiger partial charge in [-0.15, -0.1) is 49.4 Å². The number of pyridine rings is 2. The van der Waals surface area contributed by atoms with E-state index < -0.39 is 0 Å². The summed E-state index contributed by atoms with van der Waals surface area (Å²) < 4.78 is 0. The van der Waals surface area contributed by atoms with Crippen LogP contribution in [0.5, 0.6) is 0 Å². The molecule has 0 unspecified atom stereocenters. The monoisotopic (exact) mass is 788 g/mol. The van der Waals surface area contributed by atoms with Crippen molar-refractivity contribution in [2.45, 2.75) is 37.0 Å². The van der Waals surface area contributed by atoms with Crippen LogP contribution >= 0.6 is 0 Å². The van der Waals surface area contributed by atoms with Crippen LogP contribution in [0.25, 0.3) is 32.2 Å². The SMILES string of the molecule is [CH2-]c1ccccc1.[CH2-]c1ccccc1.[Zr+4].c1ccc2c(c1)C1c3ccccc3C2[C@@H]([N-]Cc2cc3ccccc3cn2)[C@@H]1[N-]Cc1cc2ccccc2cn1. The summed E-state index contributed by atoms with van der Waals surface area (Å²) >= 11 is 0. The summed E-state index contributed by atoms with van der Waals surface area (Å²) in [5.41, 5.74) is 9.70. The molecule has 0 spiro atoms. The van der Waals surface area contributed by atoms with E-state index in [9.17, 15) is 0 Å². The van der Waals surface area contributed by atoms with Gasteiger partial charge in [-0.25, -0.2) is 0 Å². The second-order valence-corrected chi connectivity index (χ2v) is 13.9. The van der Waals surface area contributed by atoms with Gasteiger partial charge in [0.1, 0.15) is 0 Å². The summed E-state index contributed by atoms with van der Waals surface area (Å²) in [6, 6.07) is 58.7. The van der Waals surface area contributed by atoms with Crippen LogP contribution in [-0.4, -0.2) is 22.1 Å².